The molecule has 0 spiro atoms. The maximum atomic E-state index is 11.1. The molecule has 1 aromatic carbocycles. The number of aromatic nitrogens is 1. The predicted octanol–water partition coefficient (Wildman–Crippen LogP) is 4.20. The van der Waals surface area contributed by atoms with Crippen LogP contribution in [0.5, 0.6) is 11.5 Å². The van der Waals surface area contributed by atoms with E-state index in [4.69, 9.17) is 9.47 Å². The fourth-order valence-electron chi connectivity index (χ4n) is 3.05. The van der Waals surface area contributed by atoms with Gasteiger partial charge >= 0.3 is 5.97 Å². The lowest BCUT2D eigenvalue weighted by Gasteiger charge is -2.18. The van der Waals surface area contributed by atoms with E-state index in [0.717, 1.165) is 30.5 Å². The number of methoxy groups -OCH3 is 1. The molecular weight excluding hydrogens is 302 g/mol. The van der Waals surface area contributed by atoms with E-state index in [-0.39, 0.29) is 5.97 Å². The van der Waals surface area contributed by atoms with Crippen LogP contribution in [0.4, 0.5) is 0 Å². The highest BCUT2D eigenvalue weighted by Crippen LogP contribution is 2.33. The number of ether oxygens (including phenoxy) is 2. The summed E-state index contributed by atoms with van der Waals surface area (Å²) >= 11 is 0. The average molecular weight is 323 g/mol. The van der Waals surface area contributed by atoms with Crippen LogP contribution in [0.15, 0.2) is 30.5 Å². The SMILES string of the molecule is COc1cc(C=C2CCCc3cc(C)cnc32)ccc1OC(C)=O. The molecule has 1 aliphatic carbocycles. The van der Waals surface area contributed by atoms with E-state index < -0.39 is 0 Å². The molecule has 0 bridgehead atoms. The van der Waals surface area contributed by atoms with Crippen molar-refractivity contribution in [2.45, 2.75) is 33.1 Å². The first kappa shape index (κ1) is 16.2. The third kappa shape index (κ3) is 3.48. The second kappa shape index (κ2) is 6.87. The largest absolute Gasteiger partial charge is 0.493 e. The van der Waals surface area contributed by atoms with Crippen molar-refractivity contribution in [3.8, 4) is 11.5 Å². The number of hydrogen-bond donors (Lipinski definition) is 0. The van der Waals surface area contributed by atoms with Gasteiger partial charge in [0.05, 0.1) is 12.8 Å². The van der Waals surface area contributed by atoms with Crippen molar-refractivity contribution in [1.29, 1.82) is 0 Å². The van der Waals surface area contributed by atoms with Crippen LogP contribution in [-0.2, 0) is 11.2 Å². The molecule has 1 heterocycles. The van der Waals surface area contributed by atoms with Crippen LogP contribution in [0.3, 0.4) is 0 Å². The van der Waals surface area contributed by atoms with Gasteiger partial charge in [-0.1, -0.05) is 12.1 Å². The molecule has 3 rings (SSSR count). The van der Waals surface area contributed by atoms with Gasteiger partial charge in [0.25, 0.3) is 0 Å². The first-order valence-corrected chi connectivity index (χ1v) is 8.10. The summed E-state index contributed by atoms with van der Waals surface area (Å²) in [5, 5.41) is 0. The van der Waals surface area contributed by atoms with Crippen LogP contribution >= 0.6 is 0 Å². The van der Waals surface area contributed by atoms with Gasteiger partial charge in [-0.15, -0.1) is 0 Å². The Balaban J connectivity index is 1.96. The van der Waals surface area contributed by atoms with Crippen molar-refractivity contribution < 1.29 is 14.3 Å². The Bertz CT molecular complexity index is 809. The molecular formula is C20H21NO3. The lowest BCUT2D eigenvalue weighted by Crippen LogP contribution is -2.05. The summed E-state index contributed by atoms with van der Waals surface area (Å²) < 4.78 is 10.5. The van der Waals surface area contributed by atoms with Gasteiger partial charge in [-0.3, -0.25) is 9.78 Å². The van der Waals surface area contributed by atoms with Crippen molar-refractivity contribution in [3.63, 3.8) is 0 Å². The molecule has 124 valence electrons. The third-order valence-electron chi connectivity index (χ3n) is 4.08. The van der Waals surface area contributed by atoms with E-state index in [2.05, 4.69) is 24.1 Å². The van der Waals surface area contributed by atoms with E-state index in [1.807, 2.05) is 18.3 Å². The van der Waals surface area contributed by atoms with Crippen molar-refractivity contribution in [2.75, 3.05) is 7.11 Å². The molecule has 24 heavy (non-hydrogen) atoms. The highest BCUT2D eigenvalue weighted by molar-refractivity contribution is 5.83. The van der Waals surface area contributed by atoms with E-state index in [1.165, 1.54) is 23.6 Å². The smallest absolute Gasteiger partial charge is 0.308 e. The van der Waals surface area contributed by atoms with Gasteiger partial charge in [-0.2, -0.15) is 0 Å². The number of rotatable bonds is 3. The van der Waals surface area contributed by atoms with Crippen LogP contribution in [-0.4, -0.2) is 18.1 Å². The first-order chi connectivity index (χ1) is 11.6. The first-order valence-electron chi connectivity index (χ1n) is 8.10. The monoisotopic (exact) mass is 323 g/mol. The molecule has 0 amide bonds. The van der Waals surface area contributed by atoms with E-state index in [0.29, 0.717) is 11.5 Å². The Morgan fingerprint density at radius 3 is 2.79 bits per heavy atom. The summed E-state index contributed by atoms with van der Waals surface area (Å²) in [6, 6.07) is 7.79. The normalized spacial score (nSPS) is 15.0. The number of aryl methyl sites for hydroxylation is 2. The molecule has 1 aliphatic rings. The average Bonchev–Trinajstić information content (AvgIpc) is 2.55. The standard InChI is InChI=1S/C20H21NO3/c1-13-9-16-5-4-6-17(20(16)21-12-13)10-15-7-8-18(24-14(2)22)19(11-15)23-3/h7-12H,4-6H2,1-3H3. The molecule has 2 aromatic rings. The van der Waals surface area contributed by atoms with Crippen LogP contribution in [0.2, 0.25) is 0 Å². The number of allylic oxidation sites excluding steroid dienone is 1. The molecule has 0 unspecified atom stereocenters. The summed E-state index contributed by atoms with van der Waals surface area (Å²) in [7, 11) is 1.57. The second-order valence-electron chi connectivity index (χ2n) is 6.05. The minimum absolute atomic E-state index is 0.361. The molecule has 0 radical (unpaired) electrons. The van der Waals surface area contributed by atoms with Crippen molar-refractivity contribution in [2.24, 2.45) is 0 Å². The van der Waals surface area contributed by atoms with Gasteiger partial charge in [0, 0.05) is 13.1 Å². The topological polar surface area (TPSA) is 48.4 Å². The molecule has 0 fully saturated rings. The summed E-state index contributed by atoms with van der Waals surface area (Å²) in [5.74, 6) is 0.623. The van der Waals surface area contributed by atoms with E-state index in [1.54, 1.807) is 13.2 Å². The summed E-state index contributed by atoms with van der Waals surface area (Å²) in [4.78, 5) is 15.8. The van der Waals surface area contributed by atoms with Gasteiger partial charge in [0.15, 0.2) is 11.5 Å². The molecule has 0 atom stereocenters. The quantitative estimate of drug-likeness (QED) is 0.627. The number of carbonyl (C=O) groups excluding carboxylic acids is 1. The predicted molar refractivity (Wildman–Crippen MR) is 94.1 cm³/mol. The van der Waals surface area contributed by atoms with E-state index >= 15 is 0 Å². The van der Waals surface area contributed by atoms with Gasteiger partial charge in [-0.05, 0) is 66.7 Å². The third-order valence-corrected chi connectivity index (χ3v) is 4.08. The van der Waals surface area contributed by atoms with E-state index in [9.17, 15) is 4.79 Å². The minimum Gasteiger partial charge on any atom is -0.493 e. The number of carbonyl (C=O) groups is 1. The number of hydrogen-bond acceptors (Lipinski definition) is 4. The van der Waals surface area contributed by atoms with Crippen LogP contribution < -0.4 is 9.47 Å². The minimum atomic E-state index is -0.361. The molecule has 0 N–H and O–H groups in total. The second-order valence-corrected chi connectivity index (χ2v) is 6.05. The Hall–Kier alpha value is -2.62. The molecule has 1 aromatic heterocycles. The molecule has 0 saturated carbocycles. The lowest BCUT2D eigenvalue weighted by molar-refractivity contribution is -0.132. The Kier molecular flexibility index (Phi) is 4.65. The molecule has 4 heteroatoms. The zero-order chi connectivity index (χ0) is 17.1. The van der Waals surface area contributed by atoms with Gasteiger partial charge in [0.2, 0.25) is 0 Å². The Morgan fingerprint density at radius 2 is 2.04 bits per heavy atom. The summed E-state index contributed by atoms with van der Waals surface area (Å²) in [5.41, 5.74) is 5.85. The van der Waals surface area contributed by atoms with Crippen LogP contribution in [0.1, 0.15) is 42.1 Å². The number of benzene rings is 1. The zero-order valence-corrected chi connectivity index (χ0v) is 14.3. The summed E-state index contributed by atoms with van der Waals surface area (Å²) in [6.07, 6.45) is 7.28. The maximum Gasteiger partial charge on any atom is 0.308 e. The molecule has 0 aliphatic heterocycles. The van der Waals surface area contributed by atoms with Gasteiger partial charge in [0.1, 0.15) is 0 Å². The van der Waals surface area contributed by atoms with Gasteiger partial charge < -0.3 is 9.47 Å². The summed E-state index contributed by atoms with van der Waals surface area (Å²) in [6.45, 7) is 3.45. The Morgan fingerprint density at radius 1 is 1.21 bits per heavy atom. The highest BCUT2D eigenvalue weighted by Gasteiger charge is 2.16. The highest BCUT2D eigenvalue weighted by atomic mass is 16.6. The lowest BCUT2D eigenvalue weighted by atomic mass is 9.89. The molecule has 0 saturated heterocycles. The fraction of sp³-hybridized carbons (Fsp3) is 0.300. The number of pyridine rings is 1. The van der Waals surface area contributed by atoms with Crippen LogP contribution in [0, 0.1) is 6.92 Å². The van der Waals surface area contributed by atoms with Crippen LogP contribution in [0.25, 0.3) is 11.6 Å². The number of fused-ring (bicyclic) bond motifs is 1. The zero-order valence-electron chi connectivity index (χ0n) is 14.3. The van der Waals surface area contributed by atoms with Crippen molar-refractivity contribution >= 4 is 17.6 Å². The Labute approximate surface area is 142 Å². The van der Waals surface area contributed by atoms with Crippen molar-refractivity contribution in [1.82, 2.24) is 4.98 Å². The van der Waals surface area contributed by atoms with Crippen molar-refractivity contribution in [3.05, 3.63) is 52.8 Å². The number of esters is 1. The maximum absolute atomic E-state index is 11.1. The molecule has 4 nitrogen and oxygen atoms in total. The number of nitrogens with zero attached hydrogens (tertiary/aromatic N) is 1. The fourth-order valence-corrected chi connectivity index (χ4v) is 3.05. The van der Waals surface area contributed by atoms with Gasteiger partial charge in [-0.25, -0.2) is 0 Å².